The smallest absolute Gasteiger partial charge is 0.405 e. The summed E-state index contributed by atoms with van der Waals surface area (Å²) in [5.74, 6) is -0.349. The molecule has 4 atom stereocenters. The molecular formula is C23H26N4O4. The third-order valence-electron chi connectivity index (χ3n) is 6.03. The van der Waals surface area contributed by atoms with Crippen LogP contribution in [0.2, 0.25) is 0 Å². The molecule has 8 heteroatoms. The zero-order chi connectivity index (χ0) is 22.0. The zero-order valence-electron chi connectivity index (χ0n) is 17.4. The maximum atomic E-state index is 13.5. The van der Waals surface area contributed by atoms with Crippen molar-refractivity contribution in [1.29, 1.82) is 0 Å². The molecule has 2 fully saturated rings. The van der Waals surface area contributed by atoms with Gasteiger partial charge >= 0.3 is 6.09 Å². The molecule has 2 saturated heterocycles. The molecule has 1 aromatic heterocycles. The Kier molecular flexibility index (Phi) is 5.88. The minimum atomic E-state index is -0.975. The van der Waals surface area contributed by atoms with Crippen molar-refractivity contribution >= 4 is 23.5 Å². The van der Waals surface area contributed by atoms with Crippen LogP contribution in [-0.2, 0) is 14.3 Å². The molecule has 0 aliphatic carbocycles. The lowest BCUT2D eigenvalue weighted by molar-refractivity contribution is -0.148. The first-order chi connectivity index (χ1) is 14.9. The topological polar surface area (TPSA) is 106 Å². The Morgan fingerprint density at radius 1 is 1.23 bits per heavy atom. The van der Waals surface area contributed by atoms with Gasteiger partial charge in [-0.2, -0.15) is 0 Å². The Hall–Kier alpha value is -3.42. The number of carbonyl (C=O) groups excluding carboxylic acids is 3. The van der Waals surface area contributed by atoms with Gasteiger partial charge in [-0.1, -0.05) is 25.1 Å². The summed E-state index contributed by atoms with van der Waals surface area (Å²) in [6, 6.07) is 3.10. The average Bonchev–Trinajstić information content (AvgIpc) is 2.93. The molecule has 0 unspecified atom stereocenters. The van der Waals surface area contributed by atoms with Gasteiger partial charge in [0.1, 0.15) is 6.04 Å². The first-order valence-corrected chi connectivity index (χ1v) is 10.5. The van der Waals surface area contributed by atoms with Crippen molar-refractivity contribution in [1.82, 2.24) is 14.8 Å². The average molecular weight is 422 g/mol. The molecule has 0 bridgehead atoms. The fourth-order valence-corrected chi connectivity index (χ4v) is 4.67. The van der Waals surface area contributed by atoms with E-state index in [-0.39, 0.29) is 23.8 Å². The van der Waals surface area contributed by atoms with Crippen molar-refractivity contribution in [3.63, 3.8) is 0 Å². The summed E-state index contributed by atoms with van der Waals surface area (Å²) < 4.78 is 5.11. The van der Waals surface area contributed by atoms with Crippen molar-refractivity contribution < 1.29 is 19.1 Å². The second-order valence-electron chi connectivity index (χ2n) is 8.27. The highest BCUT2D eigenvalue weighted by Crippen LogP contribution is 2.36. The summed E-state index contributed by atoms with van der Waals surface area (Å²) in [5, 5.41) is 0. The lowest BCUT2D eigenvalue weighted by atomic mass is 9.97. The van der Waals surface area contributed by atoms with E-state index in [9.17, 15) is 14.4 Å². The van der Waals surface area contributed by atoms with Crippen LogP contribution in [0.1, 0.15) is 38.2 Å². The van der Waals surface area contributed by atoms with Gasteiger partial charge in [0, 0.05) is 36.4 Å². The molecule has 1 aromatic rings. The van der Waals surface area contributed by atoms with Crippen molar-refractivity contribution in [2.75, 3.05) is 0 Å². The highest BCUT2D eigenvalue weighted by Gasteiger charge is 2.47. The van der Waals surface area contributed by atoms with E-state index in [0.717, 1.165) is 24.0 Å². The molecule has 31 heavy (non-hydrogen) atoms. The largest absolute Gasteiger partial charge is 0.436 e. The van der Waals surface area contributed by atoms with Gasteiger partial charge in [-0.05, 0) is 49.3 Å². The number of allylic oxidation sites excluding steroid dienone is 4. The lowest BCUT2D eigenvalue weighted by Crippen LogP contribution is -2.51. The van der Waals surface area contributed by atoms with E-state index in [1.165, 1.54) is 4.90 Å². The second-order valence-corrected chi connectivity index (χ2v) is 8.27. The summed E-state index contributed by atoms with van der Waals surface area (Å²) in [5.41, 5.74) is 6.91. The van der Waals surface area contributed by atoms with Gasteiger partial charge in [-0.15, -0.1) is 0 Å². The van der Waals surface area contributed by atoms with Gasteiger partial charge in [0.05, 0.1) is 0 Å². The number of fused-ring (bicyclic) bond motifs is 1. The Labute approximate surface area is 181 Å². The molecule has 8 nitrogen and oxygen atoms in total. The number of amides is 3. The van der Waals surface area contributed by atoms with Gasteiger partial charge in [-0.3, -0.25) is 19.5 Å². The third-order valence-corrected chi connectivity index (χ3v) is 6.03. The summed E-state index contributed by atoms with van der Waals surface area (Å²) in [6.07, 6.45) is 13.0. The minimum Gasteiger partial charge on any atom is -0.436 e. The molecule has 0 aromatic carbocycles. The number of ether oxygens (including phenoxy) is 1. The zero-order valence-corrected chi connectivity index (χ0v) is 17.4. The van der Waals surface area contributed by atoms with E-state index in [0.29, 0.717) is 12.8 Å². The van der Waals surface area contributed by atoms with E-state index >= 15 is 0 Å². The molecule has 3 aliphatic rings. The van der Waals surface area contributed by atoms with Crippen LogP contribution in [0.4, 0.5) is 4.79 Å². The van der Waals surface area contributed by atoms with Crippen LogP contribution < -0.4 is 5.73 Å². The molecule has 4 rings (SSSR count). The monoisotopic (exact) mass is 422 g/mol. The number of hydrogen-bond donors (Lipinski definition) is 1. The Balaban J connectivity index is 1.60. The maximum Gasteiger partial charge on any atom is 0.405 e. The highest BCUT2D eigenvalue weighted by molar-refractivity contribution is 5.93. The first kappa shape index (κ1) is 20.8. The number of rotatable bonds is 3. The van der Waals surface area contributed by atoms with Crippen molar-refractivity contribution in [3.8, 4) is 0 Å². The predicted molar refractivity (Wildman–Crippen MR) is 114 cm³/mol. The number of primary amides is 1. The number of carbonyl (C=O) groups is 3. The number of aromatic nitrogens is 1. The predicted octanol–water partition coefficient (Wildman–Crippen LogP) is 2.59. The summed E-state index contributed by atoms with van der Waals surface area (Å²) in [4.78, 5) is 45.4. The van der Waals surface area contributed by atoms with Crippen molar-refractivity contribution in [2.24, 2.45) is 11.7 Å². The molecule has 162 valence electrons. The number of hydrogen-bond acceptors (Lipinski definition) is 5. The van der Waals surface area contributed by atoms with Crippen molar-refractivity contribution in [2.45, 2.75) is 50.8 Å². The summed E-state index contributed by atoms with van der Waals surface area (Å²) in [6.45, 7) is 2.02. The van der Waals surface area contributed by atoms with Gasteiger partial charge in [0.2, 0.25) is 0 Å². The first-order valence-electron chi connectivity index (χ1n) is 10.5. The molecule has 0 spiro atoms. The molecule has 0 saturated carbocycles. The SMILES string of the molecule is C[C@@H]1C[C@H]2CC[C@@H](C(=O)N3C=CC=CC(c4cccnc4)=C3)N2C(=O)[C@@H](OC(N)=O)C1. The molecule has 2 N–H and O–H groups in total. The number of pyridine rings is 1. The van der Waals surface area contributed by atoms with Crippen LogP contribution in [0.5, 0.6) is 0 Å². The van der Waals surface area contributed by atoms with Gasteiger partial charge in [0.15, 0.2) is 6.10 Å². The Morgan fingerprint density at radius 2 is 2.06 bits per heavy atom. The van der Waals surface area contributed by atoms with Crippen molar-refractivity contribution in [3.05, 3.63) is 60.7 Å². The van der Waals surface area contributed by atoms with Crippen LogP contribution in [-0.4, -0.2) is 50.9 Å². The van der Waals surface area contributed by atoms with E-state index in [4.69, 9.17) is 10.5 Å². The van der Waals surface area contributed by atoms with Gasteiger partial charge in [0.25, 0.3) is 11.8 Å². The van der Waals surface area contributed by atoms with Crippen LogP contribution in [0, 0.1) is 5.92 Å². The van der Waals surface area contributed by atoms with Gasteiger partial charge < -0.3 is 15.4 Å². The van der Waals surface area contributed by atoms with Crippen LogP contribution in [0.3, 0.4) is 0 Å². The third kappa shape index (κ3) is 4.38. The Bertz CT molecular complexity index is 956. The number of nitrogens with zero attached hydrogens (tertiary/aromatic N) is 3. The van der Waals surface area contributed by atoms with Gasteiger partial charge in [-0.25, -0.2) is 4.79 Å². The Morgan fingerprint density at radius 3 is 2.81 bits per heavy atom. The molecular weight excluding hydrogens is 396 g/mol. The van der Waals surface area contributed by atoms with E-state index < -0.39 is 18.2 Å². The normalized spacial score (nSPS) is 27.9. The molecule has 3 aliphatic heterocycles. The van der Waals surface area contributed by atoms with E-state index in [2.05, 4.69) is 4.98 Å². The highest BCUT2D eigenvalue weighted by atomic mass is 16.6. The molecule has 0 radical (unpaired) electrons. The lowest BCUT2D eigenvalue weighted by Gasteiger charge is -2.31. The van der Waals surface area contributed by atoms with Crippen LogP contribution in [0.15, 0.2) is 55.2 Å². The molecule has 4 heterocycles. The summed E-state index contributed by atoms with van der Waals surface area (Å²) >= 11 is 0. The summed E-state index contributed by atoms with van der Waals surface area (Å²) in [7, 11) is 0. The molecule has 3 amide bonds. The van der Waals surface area contributed by atoms with E-state index in [1.54, 1.807) is 35.8 Å². The standard InChI is InChI=1S/C23H26N4O4/c1-15-11-18-7-8-19(27(18)22(29)20(12-15)31-23(24)30)21(28)26-10-3-2-5-17(14-26)16-6-4-9-25-13-16/h2-6,9-10,13-15,18-20H,7-8,11-12H2,1H3,(H2,24,30)/t15-,18-,19+,20+/m1/s1. The second kappa shape index (κ2) is 8.75. The van der Waals surface area contributed by atoms with E-state index in [1.807, 2.05) is 31.2 Å². The van der Waals surface area contributed by atoms with Crippen LogP contribution in [0.25, 0.3) is 5.57 Å². The quantitative estimate of drug-likeness (QED) is 0.806. The van der Waals surface area contributed by atoms with Crippen LogP contribution >= 0.6 is 0 Å². The fraction of sp³-hybridized carbons (Fsp3) is 0.391. The number of nitrogens with two attached hydrogens (primary N) is 1. The fourth-order valence-electron chi connectivity index (χ4n) is 4.67. The maximum absolute atomic E-state index is 13.5. The minimum absolute atomic E-state index is 0.0474.